The van der Waals surface area contributed by atoms with Crippen LogP contribution >= 0.6 is 0 Å². The molecule has 0 atom stereocenters. The average Bonchev–Trinajstić information content (AvgIpc) is 2.40. The Morgan fingerprint density at radius 1 is 1.33 bits per heavy atom. The van der Waals surface area contributed by atoms with Crippen LogP contribution in [0.2, 0.25) is 0 Å². The molecule has 0 spiro atoms. The van der Waals surface area contributed by atoms with E-state index in [1.165, 1.54) is 5.56 Å². The third kappa shape index (κ3) is 3.95. The van der Waals surface area contributed by atoms with Crippen LogP contribution in [-0.4, -0.2) is 40.2 Å². The molecule has 3 nitrogen and oxygen atoms in total. The highest BCUT2D eigenvalue weighted by molar-refractivity contribution is 7.85. The topological polar surface area (TPSA) is 46.3 Å². The molecule has 18 heavy (non-hydrogen) atoms. The van der Waals surface area contributed by atoms with Gasteiger partial charge in [0.15, 0.2) is 0 Å². The quantitative estimate of drug-likeness (QED) is 0.792. The Hall–Kier alpha value is -1.15. The van der Waals surface area contributed by atoms with Crippen LogP contribution in [-0.2, 0) is 17.3 Å². The average molecular weight is 262 g/mol. The molecule has 1 aliphatic rings. The molecule has 1 aromatic rings. The highest BCUT2D eigenvalue weighted by Crippen LogP contribution is 2.10. The predicted molar refractivity (Wildman–Crippen MR) is 75.5 cm³/mol. The summed E-state index contributed by atoms with van der Waals surface area (Å²) in [7, 11) is -0.605. The zero-order valence-corrected chi connectivity index (χ0v) is 11.2. The summed E-state index contributed by atoms with van der Waals surface area (Å²) in [4.78, 5) is 2.34. The zero-order chi connectivity index (χ0) is 12.8. The Balaban J connectivity index is 1.98. The molecule has 0 saturated carbocycles. The van der Waals surface area contributed by atoms with E-state index in [2.05, 4.69) is 28.9 Å². The van der Waals surface area contributed by atoms with Gasteiger partial charge in [-0.1, -0.05) is 24.0 Å². The first-order valence-electron chi connectivity index (χ1n) is 6.13. The van der Waals surface area contributed by atoms with Crippen molar-refractivity contribution in [1.82, 2.24) is 4.90 Å². The lowest BCUT2D eigenvalue weighted by Gasteiger charge is -2.26. The molecular weight excluding hydrogens is 244 g/mol. The van der Waals surface area contributed by atoms with E-state index in [1.54, 1.807) is 0 Å². The van der Waals surface area contributed by atoms with E-state index in [-0.39, 0.29) is 0 Å². The molecule has 0 unspecified atom stereocenters. The summed E-state index contributed by atoms with van der Waals surface area (Å²) in [6, 6.07) is 8.24. The molecule has 1 fully saturated rings. The third-order valence-corrected chi connectivity index (χ3v) is 4.21. The van der Waals surface area contributed by atoms with Crippen molar-refractivity contribution in [2.24, 2.45) is 5.73 Å². The van der Waals surface area contributed by atoms with Gasteiger partial charge in [-0.3, -0.25) is 9.11 Å². The number of rotatable bonds is 2. The first-order valence-corrected chi connectivity index (χ1v) is 7.62. The predicted octanol–water partition coefficient (Wildman–Crippen LogP) is 0.561. The molecule has 2 N–H and O–H groups in total. The van der Waals surface area contributed by atoms with Crippen molar-refractivity contribution >= 4 is 10.8 Å². The van der Waals surface area contributed by atoms with Crippen molar-refractivity contribution in [1.29, 1.82) is 0 Å². The van der Waals surface area contributed by atoms with Crippen LogP contribution in [0.5, 0.6) is 0 Å². The molecule has 0 aliphatic carbocycles. The number of hydrogen-bond acceptors (Lipinski definition) is 3. The van der Waals surface area contributed by atoms with Gasteiger partial charge in [-0.2, -0.15) is 0 Å². The van der Waals surface area contributed by atoms with Gasteiger partial charge in [0.25, 0.3) is 0 Å². The fraction of sp³-hybridized carbons (Fsp3) is 0.429. The van der Waals surface area contributed by atoms with Crippen LogP contribution in [0, 0.1) is 11.8 Å². The molecule has 96 valence electrons. The van der Waals surface area contributed by atoms with Crippen LogP contribution in [0.1, 0.15) is 11.1 Å². The molecule has 0 bridgehead atoms. The van der Waals surface area contributed by atoms with Gasteiger partial charge in [-0.25, -0.2) is 0 Å². The number of hydrogen-bond donors (Lipinski definition) is 1. The van der Waals surface area contributed by atoms with Crippen LogP contribution in [0.25, 0.3) is 0 Å². The second-order valence-corrected chi connectivity index (χ2v) is 6.03. The van der Waals surface area contributed by atoms with Crippen molar-refractivity contribution in [3.8, 4) is 11.8 Å². The fourth-order valence-electron chi connectivity index (χ4n) is 1.99. The lowest BCUT2D eigenvalue weighted by Crippen LogP contribution is -2.37. The fourth-order valence-corrected chi connectivity index (χ4v) is 3.12. The first-order chi connectivity index (χ1) is 8.78. The summed E-state index contributed by atoms with van der Waals surface area (Å²) in [5.41, 5.74) is 7.63. The SMILES string of the molecule is NCC#Cc1cccc(CN2CCS(=O)CC2)c1. The Morgan fingerprint density at radius 2 is 2.11 bits per heavy atom. The van der Waals surface area contributed by atoms with E-state index in [9.17, 15) is 4.21 Å². The van der Waals surface area contributed by atoms with Crippen molar-refractivity contribution in [2.75, 3.05) is 31.1 Å². The minimum absolute atomic E-state index is 0.391. The lowest BCUT2D eigenvalue weighted by atomic mass is 10.1. The molecule has 2 rings (SSSR count). The Labute approximate surface area is 111 Å². The largest absolute Gasteiger partial charge is 0.320 e. The van der Waals surface area contributed by atoms with E-state index >= 15 is 0 Å². The van der Waals surface area contributed by atoms with Gasteiger partial charge >= 0.3 is 0 Å². The number of nitrogens with two attached hydrogens (primary N) is 1. The van der Waals surface area contributed by atoms with E-state index < -0.39 is 10.8 Å². The summed E-state index contributed by atoms with van der Waals surface area (Å²) in [5, 5.41) is 0. The summed E-state index contributed by atoms with van der Waals surface area (Å²) < 4.78 is 11.3. The van der Waals surface area contributed by atoms with Gasteiger partial charge < -0.3 is 5.73 Å². The Bertz CT molecular complexity index is 480. The van der Waals surface area contributed by atoms with Crippen molar-refractivity contribution < 1.29 is 4.21 Å². The summed E-state index contributed by atoms with van der Waals surface area (Å²) >= 11 is 0. The van der Waals surface area contributed by atoms with Crippen molar-refractivity contribution in [2.45, 2.75) is 6.54 Å². The van der Waals surface area contributed by atoms with Crippen LogP contribution in [0.15, 0.2) is 24.3 Å². The second-order valence-electron chi connectivity index (χ2n) is 4.33. The normalized spacial score (nSPS) is 17.2. The van der Waals surface area contributed by atoms with Crippen molar-refractivity contribution in [3.05, 3.63) is 35.4 Å². The summed E-state index contributed by atoms with van der Waals surface area (Å²) in [5.74, 6) is 7.51. The van der Waals surface area contributed by atoms with Crippen LogP contribution < -0.4 is 5.73 Å². The minimum atomic E-state index is -0.605. The highest BCUT2D eigenvalue weighted by Gasteiger charge is 2.14. The van der Waals surface area contributed by atoms with Gasteiger partial charge in [0.05, 0.1) is 6.54 Å². The number of benzene rings is 1. The van der Waals surface area contributed by atoms with Crippen molar-refractivity contribution in [3.63, 3.8) is 0 Å². The summed E-state index contributed by atoms with van der Waals surface area (Å²) in [6.45, 7) is 3.15. The molecule has 0 aromatic heterocycles. The monoisotopic (exact) mass is 262 g/mol. The van der Waals surface area contributed by atoms with Gasteiger partial charge in [0.2, 0.25) is 0 Å². The Morgan fingerprint density at radius 3 is 2.83 bits per heavy atom. The Kier molecular flexibility index (Phi) is 4.94. The summed E-state index contributed by atoms with van der Waals surface area (Å²) in [6.07, 6.45) is 0. The molecule has 0 amide bonds. The van der Waals surface area contributed by atoms with Gasteiger partial charge in [0, 0.05) is 47.5 Å². The maximum atomic E-state index is 11.3. The highest BCUT2D eigenvalue weighted by atomic mass is 32.2. The van der Waals surface area contributed by atoms with E-state index in [0.717, 1.165) is 36.7 Å². The molecule has 1 heterocycles. The molecule has 1 aliphatic heterocycles. The standard InChI is InChI=1S/C14H18N2OS/c15-6-2-5-13-3-1-4-14(11-13)12-16-7-9-18(17)10-8-16/h1,3-4,11H,6-10,12,15H2. The molecule has 1 aromatic carbocycles. The lowest BCUT2D eigenvalue weighted by molar-refractivity contribution is 0.291. The molecular formula is C14H18N2OS. The van der Waals surface area contributed by atoms with Crippen LogP contribution in [0.3, 0.4) is 0 Å². The maximum absolute atomic E-state index is 11.3. The number of nitrogens with zero attached hydrogens (tertiary/aromatic N) is 1. The first kappa shape index (κ1) is 13.3. The smallest absolute Gasteiger partial charge is 0.0555 e. The molecule has 1 saturated heterocycles. The van der Waals surface area contributed by atoms with Gasteiger partial charge in [0.1, 0.15) is 0 Å². The maximum Gasteiger partial charge on any atom is 0.0555 e. The third-order valence-electron chi connectivity index (χ3n) is 2.94. The van der Waals surface area contributed by atoms with E-state index in [0.29, 0.717) is 6.54 Å². The van der Waals surface area contributed by atoms with E-state index in [4.69, 9.17) is 5.73 Å². The second kappa shape index (κ2) is 6.69. The molecule has 4 heteroatoms. The van der Waals surface area contributed by atoms with Gasteiger partial charge in [-0.15, -0.1) is 0 Å². The van der Waals surface area contributed by atoms with Gasteiger partial charge in [-0.05, 0) is 17.7 Å². The van der Waals surface area contributed by atoms with Crippen LogP contribution in [0.4, 0.5) is 0 Å². The van der Waals surface area contributed by atoms with E-state index in [1.807, 2.05) is 12.1 Å². The minimum Gasteiger partial charge on any atom is -0.320 e. The zero-order valence-electron chi connectivity index (χ0n) is 10.4. The molecule has 0 radical (unpaired) electrons.